The van der Waals surface area contributed by atoms with Gasteiger partial charge in [-0.2, -0.15) is 10.2 Å². The molecule has 126 valence electrons. The van der Waals surface area contributed by atoms with Crippen molar-refractivity contribution in [3.8, 4) is 22.4 Å². The number of fused-ring (bicyclic) bond motifs is 2. The summed E-state index contributed by atoms with van der Waals surface area (Å²) < 4.78 is 15.2. The van der Waals surface area contributed by atoms with Crippen LogP contribution in [0, 0.1) is 12.7 Å². The van der Waals surface area contributed by atoms with Gasteiger partial charge < -0.3 is 0 Å². The van der Waals surface area contributed by atoms with Crippen LogP contribution >= 0.6 is 0 Å². The fourth-order valence-corrected chi connectivity index (χ4v) is 3.20. The Morgan fingerprint density at radius 3 is 2.65 bits per heavy atom. The topological polar surface area (TPSA) is 58.9 Å². The molecule has 3 aromatic heterocycles. The SMILES string of the molecule is Cc1cnc2c(-c3ccc4cn[nH]c4c3)c(-c3ccc(F)cc3)nn2c1. The number of hydrogen-bond donors (Lipinski definition) is 1. The van der Waals surface area contributed by atoms with E-state index >= 15 is 0 Å². The molecule has 0 spiro atoms. The van der Waals surface area contributed by atoms with Gasteiger partial charge in [-0.15, -0.1) is 0 Å². The van der Waals surface area contributed by atoms with Gasteiger partial charge in [0.1, 0.15) is 11.5 Å². The monoisotopic (exact) mass is 343 g/mol. The summed E-state index contributed by atoms with van der Waals surface area (Å²) in [5.74, 6) is -0.271. The van der Waals surface area contributed by atoms with Crippen LogP contribution in [0.3, 0.4) is 0 Å². The minimum absolute atomic E-state index is 0.271. The van der Waals surface area contributed by atoms with Gasteiger partial charge in [0.15, 0.2) is 5.65 Å². The molecule has 0 aliphatic heterocycles. The third-order valence-electron chi connectivity index (χ3n) is 4.45. The molecule has 5 aromatic rings. The van der Waals surface area contributed by atoms with Crippen LogP contribution in [0.2, 0.25) is 0 Å². The minimum Gasteiger partial charge on any atom is -0.278 e. The van der Waals surface area contributed by atoms with Gasteiger partial charge in [-0.05, 0) is 48.4 Å². The van der Waals surface area contributed by atoms with E-state index in [1.54, 1.807) is 22.8 Å². The van der Waals surface area contributed by atoms with Crippen molar-refractivity contribution in [3.63, 3.8) is 0 Å². The summed E-state index contributed by atoms with van der Waals surface area (Å²) in [4.78, 5) is 4.59. The van der Waals surface area contributed by atoms with E-state index in [9.17, 15) is 4.39 Å². The highest BCUT2D eigenvalue weighted by Gasteiger charge is 2.18. The lowest BCUT2D eigenvalue weighted by Gasteiger charge is -2.04. The van der Waals surface area contributed by atoms with Crippen LogP contribution in [0.5, 0.6) is 0 Å². The maximum Gasteiger partial charge on any atom is 0.163 e. The Kier molecular flexibility index (Phi) is 3.12. The van der Waals surface area contributed by atoms with Crippen LogP contribution in [0.15, 0.2) is 61.1 Å². The molecule has 3 heterocycles. The number of aromatic amines is 1. The zero-order valence-electron chi connectivity index (χ0n) is 13.9. The summed E-state index contributed by atoms with van der Waals surface area (Å²) in [7, 11) is 0. The molecule has 0 bridgehead atoms. The van der Waals surface area contributed by atoms with E-state index in [2.05, 4.69) is 15.2 Å². The molecule has 0 unspecified atom stereocenters. The van der Waals surface area contributed by atoms with E-state index in [1.165, 1.54) is 12.1 Å². The first-order valence-electron chi connectivity index (χ1n) is 8.23. The predicted octanol–water partition coefficient (Wildman–Crippen LogP) is 4.39. The molecular formula is C20H14FN5. The number of benzene rings is 2. The van der Waals surface area contributed by atoms with Crippen LogP contribution in [0.1, 0.15) is 5.56 Å². The van der Waals surface area contributed by atoms with Crippen LogP contribution in [-0.2, 0) is 0 Å². The molecule has 2 aromatic carbocycles. The average Bonchev–Trinajstić information content (AvgIpc) is 3.25. The average molecular weight is 343 g/mol. The number of aryl methyl sites for hydroxylation is 1. The van der Waals surface area contributed by atoms with Gasteiger partial charge in [-0.25, -0.2) is 13.9 Å². The lowest BCUT2D eigenvalue weighted by atomic mass is 10.0. The van der Waals surface area contributed by atoms with Gasteiger partial charge in [-0.1, -0.05) is 12.1 Å². The number of halogens is 1. The third kappa shape index (κ3) is 2.27. The van der Waals surface area contributed by atoms with Crippen molar-refractivity contribution in [1.82, 2.24) is 24.8 Å². The largest absolute Gasteiger partial charge is 0.278 e. The Hall–Kier alpha value is -3.54. The Morgan fingerprint density at radius 2 is 1.81 bits per heavy atom. The normalized spacial score (nSPS) is 11.5. The van der Waals surface area contributed by atoms with E-state index in [0.717, 1.165) is 44.5 Å². The molecule has 0 aliphatic rings. The van der Waals surface area contributed by atoms with Gasteiger partial charge in [0.25, 0.3) is 0 Å². The third-order valence-corrected chi connectivity index (χ3v) is 4.45. The highest BCUT2D eigenvalue weighted by Crippen LogP contribution is 2.35. The van der Waals surface area contributed by atoms with Gasteiger partial charge in [0, 0.05) is 23.3 Å². The molecule has 5 rings (SSSR count). The number of H-pyrrole nitrogens is 1. The van der Waals surface area contributed by atoms with Crippen LogP contribution < -0.4 is 0 Å². The van der Waals surface area contributed by atoms with Crippen molar-refractivity contribution in [1.29, 1.82) is 0 Å². The van der Waals surface area contributed by atoms with Crippen molar-refractivity contribution in [2.75, 3.05) is 0 Å². The fourth-order valence-electron chi connectivity index (χ4n) is 3.20. The number of hydrogen-bond acceptors (Lipinski definition) is 3. The second kappa shape index (κ2) is 5.49. The van der Waals surface area contributed by atoms with Crippen molar-refractivity contribution < 1.29 is 4.39 Å². The molecule has 0 radical (unpaired) electrons. The van der Waals surface area contributed by atoms with Gasteiger partial charge in [0.05, 0.1) is 17.3 Å². The first kappa shape index (κ1) is 14.8. The first-order chi connectivity index (χ1) is 12.7. The summed E-state index contributed by atoms with van der Waals surface area (Å²) in [5.41, 5.74) is 6.21. The number of nitrogens with zero attached hydrogens (tertiary/aromatic N) is 4. The standard InChI is InChI=1S/C20H14FN5/c1-12-9-22-20-18(14-2-3-15-10-23-24-17(15)8-14)19(25-26(20)11-12)13-4-6-16(21)7-5-13/h2-11H,1H3,(H,23,24). The van der Waals surface area contributed by atoms with E-state index < -0.39 is 0 Å². The Balaban J connectivity index is 1.83. The molecule has 6 heteroatoms. The van der Waals surface area contributed by atoms with E-state index in [0.29, 0.717) is 0 Å². The number of nitrogens with one attached hydrogen (secondary N) is 1. The highest BCUT2D eigenvalue weighted by molar-refractivity contribution is 5.94. The second-order valence-corrected chi connectivity index (χ2v) is 6.30. The van der Waals surface area contributed by atoms with Crippen molar-refractivity contribution in [3.05, 3.63) is 72.4 Å². The van der Waals surface area contributed by atoms with Crippen molar-refractivity contribution in [2.45, 2.75) is 6.92 Å². The number of rotatable bonds is 2. The summed E-state index contributed by atoms with van der Waals surface area (Å²) in [6, 6.07) is 12.4. The second-order valence-electron chi connectivity index (χ2n) is 6.30. The van der Waals surface area contributed by atoms with Crippen LogP contribution in [-0.4, -0.2) is 24.8 Å². The van der Waals surface area contributed by atoms with Gasteiger partial charge in [0.2, 0.25) is 0 Å². The maximum atomic E-state index is 13.4. The van der Waals surface area contributed by atoms with E-state index in [-0.39, 0.29) is 5.82 Å². The van der Waals surface area contributed by atoms with Gasteiger partial charge >= 0.3 is 0 Å². The molecule has 0 amide bonds. The van der Waals surface area contributed by atoms with E-state index in [4.69, 9.17) is 5.10 Å². The first-order valence-corrected chi connectivity index (χ1v) is 8.23. The predicted molar refractivity (Wildman–Crippen MR) is 98.2 cm³/mol. The van der Waals surface area contributed by atoms with E-state index in [1.807, 2.05) is 37.5 Å². The molecule has 0 fully saturated rings. The molecule has 1 N–H and O–H groups in total. The maximum absolute atomic E-state index is 13.4. The summed E-state index contributed by atoms with van der Waals surface area (Å²) in [6.45, 7) is 1.97. The Labute approximate surface area is 148 Å². The van der Waals surface area contributed by atoms with Crippen molar-refractivity contribution >= 4 is 16.6 Å². The Morgan fingerprint density at radius 1 is 1.00 bits per heavy atom. The fraction of sp³-hybridized carbons (Fsp3) is 0.0500. The zero-order chi connectivity index (χ0) is 17.7. The highest BCUT2D eigenvalue weighted by atomic mass is 19.1. The molecule has 0 aliphatic carbocycles. The Bertz CT molecular complexity index is 1250. The zero-order valence-corrected chi connectivity index (χ0v) is 13.9. The molecule has 0 saturated heterocycles. The van der Waals surface area contributed by atoms with Crippen molar-refractivity contribution in [2.24, 2.45) is 0 Å². The minimum atomic E-state index is -0.271. The summed E-state index contributed by atoms with van der Waals surface area (Å²) >= 11 is 0. The number of aromatic nitrogens is 5. The van der Waals surface area contributed by atoms with Gasteiger partial charge in [-0.3, -0.25) is 5.10 Å². The summed E-state index contributed by atoms with van der Waals surface area (Å²) in [6.07, 6.45) is 5.55. The lowest BCUT2D eigenvalue weighted by molar-refractivity contribution is 0.628. The molecule has 5 nitrogen and oxygen atoms in total. The lowest BCUT2D eigenvalue weighted by Crippen LogP contribution is -1.91. The summed E-state index contributed by atoms with van der Waals surface area (Å²) in [5, 5.41) is 12.8. The quantitative estimate of drug-likeness (QED) is 0.517. The molecule has 0 saturated carbocycles. The smallest absolute Gasteiger partial charge is 0.163 e. The molecular weight excluding hydrogens is 329 g/mol. The molecule has 26 heavy (non-hydrogen) atoms. The molecule has 0 atom stereocenters. The van der Waals surface area contributed by atoms with Crippen LogP contribution in [0.25, 0.3) is 38.9 Å². The van der Waals surface area contributed by atoms with Crippen LogP contribution in [0.4, 0.5) is 4.39 Å².